The summed E-state index contributed by atoms with van der Waals surface area (Å²) >= 11 is 4.44. The third-order valence-corrected chi connectivity index (χ3v) is 2.81. The van der Waals surface area contributed by atoms with Crippen LogP contribution in [0, 0.1) is 0 Å². The molecule has 0 aliphatic heterocycles. The van der Waals surface area contributed by atoms with E-state index in [-0.39, 0.29) is 0 Å². The Hall–Kier alpha value is -0.270. The normalized spacial score (nSPS) is 15.5. The number of halogens is 4. The van der Waals surface area contributed by atoms with Gasteiger partial charge in [-0.1, -0.05) is 0 Å². The summed E-state index contributed by atoms with van der Waals surface area (Å²) in [6.07, 6.45) is 0. The molecule has 0 aliphatic carbocycles. The quantitative estimate of drug-likeness (QED) is 0.607. The Morgan fingerprint density at radius 3 is 1.73 bits per heavy atom. The van der Waals surface area contributed by atoms with Crippen LogP contribution in [0.5, 0.6) is 0 Å². The molecule has 0 aromatic heterocycles. The zero-order chi connectivity index (χ0) is 8.56. The van der Waals surface area contributed by atoms with E-state index in [1.165, 1.54) is 18.2 Å². The maximum atomic E-state index is 12.4. The monoisotopic (exact) mass is 200 g/mol. The Labute approximate surface area is 67.1 Å². The average molecular weight is 201 g/mol. The van der Waals surface area contributed by atoms with E-state index in [4.69, 9.17) is 0 Å². The topological polar surface area (TPSA) is 0 Å². The Morgan fingerprint density at radius 1 is 1.00 bits per heavy atom. The van der Waals surface area contributed by atoms with Gasteiger partial charge in [0.25, 0.3) is 0 Å². The summed E-state index contributed by atoms with van der Waals surface area (Å²) in [5.74, 6) is 0. The van der Waals surface area contributed by atoms with Gasteiger partial charge in [-0.15, -0.1) is 0 Å². The number of hydrogen-bond acceptors (Lipinski definition) is 0. The van der Waals surface area contributed by atoms with Crippen molar-refractivity contribution in [3.05, 3.63) is 30.3 Å². The first-order valence-electron chi connectivity index (χ1n) is 2.81. The molecule has 11 heavy (non-hydrogen) atoms. The fraction of sp³-hybridized carbons (Fsp3) is 0. The van der Waals surface area contributed by atoms with E-state index in [0.29, 0.717) is 0 Å². The third kappa shape index (κ3) is 2.35. The van der Waals surface area contributed by atoms with Crippen molar-refractivity contribution in [3.8, 4) is 0 Å². The number of rotatable bonds is 1. The fourth-order valence-corrected chi connectivity index (χ4v) is 1.61. The van der Waals surface area contributed by atoms with Crippen LogP contribution in [0.4, 0.5) is 12.6 Å². The van der Waals surface area contributed by atoms with Gasteiger partial charge in [0.15, 0.2) is 0 Å². The summed E-state index contributed by atoms with van der Waals surface area (Å²) in [5, 5.41) is -0.722. The van der Waals surface area contributed by atoms with Crippen molar-refractivity contribution in [2.75, 3.05) is 0 Å². The summed E-state index contributed by atoms with van der Waals surface area (Å²) in [4.78, 5) is 0. The van der Waals surface area contributed by atoms with Crippen molar-refractivity contribution in [2.45, 2.75) is 0 Å². The van der Waals surface area contributed by atoms with Gasteiger partial charge < -0.3 is 0 Å². The summed E-state index contributed by atoms with van der Waals surface area (Å²) in [5.41, 5.74) is 0. The Bertz CT molecular complexity index is 244. The third-order valence-electron chi connectivity index (χ3n) is 1.15. The Kier molecular flexibility index (Phi) is 1.89. The molecule has 5 heteroatoms. The first-order chi connectivity index (χ1) is 4.86. The van der Waals surface area contributed by atoms with Gasteiger partial charge in [-0.25, -0.2) is 0 Å². The van der Waals surface area contributed by atoms with Gasteiger partial charge in [0.1, 0.15) is 0 Å². The molecule has 1 aromatic carbocycles. The first kappa shape index (κ1) is 8.82. The van der Waals surface area contributed by atoms with Crippen LogP contribution in [0.25, 0.3) is 0 Å². The van der Waals surface area contributed by atoms with Crippen LogP contribution >= 0.6 is 18.1 Å². The number of benzene rings is 1. The van der Waals surface area contributed by atoms with Crippen molar-refractivity contribution in [2.24, 2.45) is 0 Å². The van der Waals surface area contributed by atoms with Crippen LogP contribution in [0.3, 0.4) is 0 Å². The zero-order valence-electron chi connectivity index (χ0n) is 5.35. The molecule has 0 bridgehead atoms. The van der Waals surface area contributed by atoms with Crippen LogP contribution in [-0.4, -0.2) is 0 Å². The molecule has 0 unspecified atom stereocenters. The second kappa shape index (κ2) is 2.36. The molecule has 0 heterocycles. The van der Waals surface area contributed by atoms with Gasteiger partial charge in [0.05, 0.1) is 0 Å². The maximum absolute atomic E-state index is 12.4. The van der Waals surface area contributed by atoms with Gasteiger partial charge in [-0.05, 0) is 0 Å². The van der Waals surface area contributed by atoms with Gasteiger partial charge >= 0.3 is 66.4 Å². The van der Waals surface area contributed by atoms with Crippen LogP contribution in [-0.2, 0) is 0 Å². The van der Waals surface area contributed by atoms with E-state index in [1.807, 2.05) is 0 Å². The molecule has 0 atom stereocenters. The second-order valence-corrected chi connectivity index (χ2v) is 5.67. The Morgan fingerprint density at radius 2 is 1.45 bits per heavy atom. The fourth-order valence-electron chi connectivity index (χ4n) is 0.653. The van der Waals surface area contributed by atoms with Crippen molar-refractivity contribution in [3.63, 3.8) is 0 Å². The van der Waals surface area contributed by atoms with Crippen LogP contribution < -0.4 is 5.30 Å². The Balaban J connectivity index is 3.14. The summed E-state index contributed by atoms with van der Waals surface area (Å²) in [6, 6.07) is 6.11. The van der Waals surface area contributed by atoms with E-state index in [1.54, 1.807) is 0 Å². The first-order valence-corrected chi connectivity index (χ1v) is 5.62. The van der Waals surface area contributed by atoms with E-state index >= 15 is 0 Å². The van der Waals surface area contributed by atoms with Crippen LogP contribution in [0.1, 0.15) is 0 Å². The van der Waals surface area contributed by atoms with E-state index < -0.39 is 12.2 Å². The predicted octanol–water partition coefficient (Wildman–Crippen LogP) is 3.67. The summed E-state index contributed by atoms with van der Waals surface area (Å²) < 4.78 is 37.1. The van der Waals surface area contributed by atoms with Gasteiger partial charge in [0.2, 0.25) is 0 Å². The summed E-state index contributed by atoms with van der Waals surface area (Å²) in [7, 11) is 0. The molecule has 1 rings (SSSR count). The van der Waals surface area contributed by atoms with Crippen molar-refractivity contribution in [1.29, 1.82) is 0 Å². The zero-order valence-corrected chi connectivity index (χ0v) is 7.00. The van der Waals surface area contributed by atoms with Crippen molar-refractivity contribution in [1.82, 2.24) is 0 Å². The van der Waals surface area contributed by atoms with E-state index in [2.05, 4.69) is 11.2 Å². The van der Waals surface area contributed by atoms with Gasteiger partial charge in [-0.2, -0.15) is 0 Å². The predicted molar refractivity (Wildman–Crippen MR) is 42.2 cm³/mol. The van der Waals surface area contributed by atoms with Crippen LogP contribution in [0.2, 0.25) is 0 Å². The van der Waals surface area contributed by atoms with Gasteiger partial charge in [0, 0.05) is 0 Å². The van der Waals surface area contributed by atoms with E-state index in [0.717, 1.165) is 12.1 Å². The molecular formula is C6H5ClF3P. The minimum absolute atomic E-state index is 0.722. The molecule has 62 valence electrons. The van der Waals surface area contributed by atoms with Crippen LogP contribution in [0.15, 0.2) is 30.3 Å². The van der Waals surface area contributed by atoms with Crippen molar-refractivity contribution < 1.29 is 12.6 Å². The van der Waals surface area contributed by atoms with Crippen molar-refractivity contribution >= 4 is 23.4 Å². The second-order valence-electron chi connectivity index (χ2n) is 2.06. The molecule has 0 saturated heterocycles. The molecule has 0 N–H and O–H groups in total. The molecule has 0 fully saturated rings. The molecule has 0 aliphatic rings. The molecular weight excluding hydrogens is 195 g/mol. The standard InChI is InChI=1S/C6H5ClF3P/c7-11(8,9,10)6-4-2-1-3-5-6/h1-5H. The molecule has 0 saturated carbocycles. The average Bonchev–Trinajstić information content (AvgIpc) is 1.86. The molecule has 1 aromatic rings. The minimum atomic E-state index is -6.52. The SMILES string of the molecule is FP(F)(F)(Cl)c1ccccc1. The molecule has 0 radical (unpaired) electrons. The van der Waals surface area contributed by atoms with Gasteiger partial charge in [-0.3, -0.25) is 0 Å². The molecule has 0 spiro atoms. The molecule has 0 amide bonds. The number of hydrogen-bond donors (Lipinski definition) is 0. The molecule has 0 nitrogen and oxygen atoms in total. The van der Waals surface area contributed by atoms with E-state index in [9.17, 15) is 12.6 Å². The summed E-state index contributed by atoms with van der Waals surface area (Å²) in [6.45, 7) is -6.52.